The quantitative estimate of drug-likeness (QED) is 0.328. The second-order valence-corrected chi connectivity index (χ2v) is 8.42. The first-order valence-electron chi connectivity index (χ1n) is 12.3. The number of rotatable bonds is 14. The number of carboxylic acid groups (broad SMARTS) is 2. The van der Waals surface area contributed by atoms with E-state index in [1.165, 1.54) is 90.1 Å². The second-order valence-electron chi connectivity index (χ2n) is 8.42. The van der Waals surface area contributed by atoms with Crippen LogP contribution in [0.2, 0.25) is 0 Å². The Hall–Kier alpha value is -2.31. The van der Waals surface area contributed by atoms with E-state index in [0.717, 1.165) is 0 Å². The lowest BCUT2D eigenvalue weighted by molar-refractivity contribution is -0.697. The smallest absolute Gasteiger partial charge is 0.243 e. The molecule has 184 valence electrons. The Kier molecular flexibility index (Phi) is 19.1. The maximum atomic E-state index is 8.33. The normalized spacial score (nSPS) is 10.1. The van der Waals surface area contributed by atoms with Gasteiger partial charge in [0.1, 0.15) is 24.8 Å². The van der Waals surface area contributed by atoms with Crippen LogP contribution in [0.4, 0.5) is 4.79 Å². The van der Waals surface area contributed by atoms with Crippen molar-refractivity contribution in [2.24, 2.45) is 14.1 Å². The van der Waals surface area contributed by atoms with E-state index in [1.54, 1.807) is 0 Å². The van der Waals surface area contributed by atoms with Crippen LogP contribution in [-0.4, -0.2) is 15.3 Å². The first-order valence-corrected chi connectivity index (χ1v) is 12.3. The van der Waals surface area contributed by atoms with Crippen molar-refractivity contribution < 1.29 is 24.1 Å². The zero-order chi connectivity index (χ0) is 24.0. The summed E-state index contributed by atoms with van der Waals surface area (Å²) in [5, 5.41) is 16.7. The van der Waals surface area contributed by atoms with Gasteiger partial charge in [0.25, 0.3) is 0 Å². The van der Waals surface area contributed by atoms with E-state index in [4.69, 9.17) is 15.0 Å². The number of carbonyl (C=O) groups excluding carboxylic acids is 1. The fourth-order valence-electron chi connectivity index (χ4n) is 3.42. The van der Waals surface area contributed by atoms with Crippen molar-refractivity contribution in [3.63, 3.8) is 0 Å². The Balaban J connectivity index is 0.000000515. The number of hydrogen-bond acceptors (Lipinski definition) is 3. The van der Waals surface area contributed by atoms with Crippen LogP contribution in [0, 0.1) is 0 Å². The van der Waals surface area contributed by atoms with Crippen LogP contribution in [0.1, 0.15) is 90.9 Å². The van der Waals surface area contributed by atoms with Crippen LogP contribution in [0.15, 0.2) is 37.4 Å². The van der Waals surface area contributed by atoms with Gasteiger partial charge in [0.05, 0.1) is 27.2 Å². The lowest BCUT2D eigenvalue weighted by Gasteiger charge is -1.98. The van der Waals surface area contributed by atoms with Crippen LogP contribution in [0.3, 0.4) is 0 Å². The predicted molar refractivity (Wildman–Crippen MR) is 123 cm³/mol. The summed E-state index contributed by atoms with van der Waals surface area (Å²) in [4.78, 5) is 8.33. The van der Waals surface area contributed by atoms with Crippen LogP contribution >= 0.6 is 0 Å². The largest absolute Gasteiger partial charge is 0.652 e. The summed E-state index contributed by atoms with van der Waals surface area (Å²) in [5.41, 5.74) is 0. The second kappa shape index (κ2) is 20.6. The van der Waals surface area contributed by atoms with Gasteiger partial charge in [0.15, 0.2) is 0 Å². The minimum absolute atomic E-state index is 1.17. The molecule has 0 amide bonds. The van der Waals surface area contributed by atoms with Crippen LogP contribution in [0.25, 0.3) is 0 Å². The third kappa shape index (κ3) is 19.6. The number of nitrogens with zero attached hydrogens (tertiary/aromatic N) is 4. The molecule has 0 aliphatic heterocycles. The summed E-state index contributed by atoms with van der Waals surface area (Å²) in [7, 11) is 4.13. The van der Waals surface area contributed by atoms with Crippen molar-refractivity contribution in [3.05, 3.63) is 37.4 Å². The van der Waals surface area contributed by atoms with Crippen LogP contribution < -0.4 is 19.3 Å². The molecule has 0 aliphatic carbocycles. The molecule has 0 radical (unpaired) electrons. The molecule has 7 nitrogen and oxygen atoms in total. The minimum atomic E-state index is -2.33. The highest BCUT2D eigenvalue weighted by Gasteiger charge is 1.99. The standard InChI is InChI=1S/2C12H23N2.CH2O3/c2*1-3-4-5-6-7-8-9-14-11-10-13(2)12-14;2-1(3)4/h2*10-12H,3-9H2,1-2H3;(H2,2,3,4)/q2*+1;/p-2. The number of carbonyl (C=O) groups is 1. The number of unbranched alkanes of at least 4 members (excludes halogenated alkanes) is 10. The number of hydrogen-bond donors (Lipinski definition) is 0. The predicted octanol–water partition coefficient (Wildman–Crippen LogP) is 2.90. The van der Waals surface area contributed by atoms with Gasteiger partial charge in [-0.15, -0.1) is 0 Å². The molecule has 0 spiro atoms. The third-order valence-corrected chi connectivity index (χ3v) is 5.19. The average Bonchev–Trinajstić information content (AvgIpc) is 3.35. The van der Waals surface area contributed by atoms with E-state index in [2.05, 4.69) is 83.7 Å². The Morgan fingerprint density at radius 3 is 1.25 bits per heavy atom. The lowest BCUT2D eigenvalue weighted by atomic mass is 10.1. The van der Waals surface area contributed by atoms with E-state index in [0.29, 0.717) is 0 Å². The number of aromatic nitrogens is 4. The molecule has 0 fully saturated rings. The van der Waals surface area contributed by atoms with E-state index in [1.807, 2.05) is 0 Å². The molecule has 2 heterocycles. The summed E-state index contributed by atoms with van der Waals surface area (Å²) in [6.45, 7) is 6.87. The van der Waals surface area contributed by atoms with E-state index >= 15 is 0 Å². The fraction of sp³-hybridized carbons (Fsp3) is 0.720. The topological polar surface area (TPSA) is 80.8 Å². The van der Waals surface area contributed by atoms with Gasteiger partial charge in [-0.05, 0) is 31.8 Å². The van der Waals surface area contributed by atoms with Gasteiger partial charge in [-0.3, -0.25) is 0 Å². The van der Waals surface area contributed by atoms with E-state index < -0.39 is 6.16 Å². The minimum Gasteiger partial charge on any atom is -0.652 e. The molecule has 0 saturated carbocycles. The molecule has 0 atom stereocenters. The Bertz CT molecular complexity index is 626. The number of imidazole rings is 2. The molecule has 2 aromatic rings. The van der Waals surface area contributed by atoms with Crippen molar-refractivity contribution in [1.29, 1.82) is 0 Å². The maximum absolute atomic E-state index is 8.33. The molecule has 0 aliphatic rings. The lowest BCUT2D eigenvalue weighted by Crippen LogP contribution is -2.37. The summed E-state index contributed by atoms with van der Waals surface area (Å²) in [6, 6.07) is 0. The molecule has 0 unspecified atom stereocenters. The SMILES string of the molecule is CCCCCCCC[n+]1ccn(C)c1.CCCCCCCC[n+]1ccn(C)c1.O=C([O-])[O-]. The van der Waals surface area contributed by atoms with Crippen molar-refractivity contribution in [2.45, 2.75) is 104 Å². The average molecular weight is 451 g/mol. The molecule has 32 heavy (non-hydrogen) atoms. The first-order chi connectivity index (χ1) is 15.4. The highest BCUT2D eigenvalue weighted by atomic mass is 16.6. The van der Waals surface area contributed by atoms with Crippen molar-refractivity contribution in [2.75, 3.05) is 0 Å². The van der Waals surface area contributed by atoms with Gasteiger partial charge in [-0.25, -0.2) is 18.3 Å². The van der Waals surface area contributed by atoms with Crippen LogP contribution in [0.5, 0.6) is 0 Å². The van der Waals surface area contributed by atoms with Crippen LogP contribution in [-0.2, 0) is 27.2 Å². The molecule has 0 N–H and O–H groups in total. The summed E-state index contributed by atoms with van der Waals surface area (Å²) >= 11 is 0. The van der Waals surface area contributed by atoms with E-state index in [-0.39, 0.29) is 0 Å². The molecular weight excluding hydrogens is 404 g/mol. The van der Waals surface area contributed by atoms with Gasteiger partial charge >= 0.3 is 0 Å². The Morgan fingerprint density at radius 1 is 0.656 bits per heavy atom. The monoisotopic (exact) mass is 450 g/mol. The van der Waals surface area contributed by atoms with Crippen molar-refractivity contribution in [1.82, 2.24) is 9.13 Å². The molecule has 0 aromatic carbocycles. The van der Waals surface area contributed by atoms with Crippen molar-refractivity contribution in [3.8, 4) is 0 Å². The Morgan fingerprint density at radius 2 is 0.969 bits per heavy atom. The molecular formula is C25H46N4O3. The summed E-state index contributed by atoms with van der Waals surface area (Å²) in [6.07, 6.45) is 26.9. The highest BCUT2D eigenvalue weighted by molar-refractivity contribution is 5.47. The van der Waals surface area contributed by atoms with Gasteiger partial charge < -0.3 is 15.0 Å². The first kappa shape index (κ1) is 29.7. The zero-order valence-corrected chi connectivity index (χ0v) is 20.9. The van der Waals surface area contributed by atoms with Gasteiger partial charge in [0.2, 0.25) is 12.7 Å². The third-order valence-electron chi connectivity index (χ3n) is 5.19. The van der Waals surface area contributed by atoms with Gasteiger partial charge in [-0.2, -0.15) is 0 Å². The molecule has 2 aromatic heterocycles. The molecule has 2 rings (SSSR count). The highest BCUT2D eigenvalue weighted by Crippen LogP contribution is 2.05. The Labute approximate surface area is 195 Å². The van der Waals surface area contributed by atoms with Gasteiger partial charge in [-0.1, -0.05) is 65.2 Å². The molecule has 0 saturated heterocycles. The van der Waals surface area contributed by atoms with Gasteiger partial charge in [0, 0.05) is 0 Å². The fourth-order valence-corrected chi connectivity index (χ4v) is 3.42. The molecule has 0 bridgehead atoms. The maximum Gasteiger partial charge on any atom is 0.243 e. The van der Waals surface area contributed by atoms with Crippen molar-refractivity contribution >= 4 is 6.16 Å². The zero-order valence-electron chi connectivity index (χ0n) is 20.9. The molecule has 7 heteroatoms. The number of aryl methyl sites for hydroxylation is 4. The van der Waals surface area contributed by atoms with E-state index in [9.17, 15) is 0 Å². The summed E-state index contributed by atoms with van der Waals surface area (Å²) < 4.78 is 8.72. The summed E-state index contributed by atoms with van der Waals surface area (Å²) in [5.74, 6) is 0.